The summed E-state index contributed by atoms with van der Waals surface area (Å²) in [7, 11) is 2.16. The standard InChI is InChI=1S/C20H24Cl2N2O/c1-24(14-15-6-3-2-4-7-15)10-5-9-23-19-8-11-25-20-17(19)12-16(21)13-18(20)22/h2-4,6-7,12-13,19,23H,5,8-11,14H2,1H3. The Hall–Kier alpha value is -1.26. The fourth-order valence-corrected chi connectivity index (χ4v) is 3.80. The van der Waals surface area contributed by atoms with E-state index in [0.29, 0.717) is 16.7 Å². The molecule has 5 heteroatoms. The maximum absolute atomic E-state index is 6.25. The first-order valence-electron chi connectivity index (χ1n) is 8.71. The van der Waals surface area contributed by atoms with Crippen LogP contribution in [0.5, 0.6) is 5.75 Å². The molecule has 1 aliphatic rings. The highest BCUT2D eigenvalue weighted by atomic mass is 35.5. The zero-order chi connectivity index (χ0) is 17.6. The number of hydrogen-bond acceptors (Lipinski definition) is 3. The molecule has 1 heterocycles. The number of halogens is 2. The van der Waals surface area contributed by atoms with Gasteiger partial charge in [0.05, 0.1) is 11.6 Å². The maximum atomic E-state index is 6.25. The molecule has 3 rings (SSSR count). The van der Waals surface area contributed by atoms with E-state index in [2.05, 4.69) is 47.6 Å². The molecule has 2 aromatic carbocycles. The van der Waals surface area contributed by atoms with Crippen molar-refractivity contribution >= 4 is 23.2 Å². The van der Waals surface area contributed by atoms with Crippen LogP contribution < -0.4 is 10.1 Å². The van der Waals surface area contributed by atoms with E-state index in [1.54, 1.807) is 6.07 Å². The number of ether oxygens (including phenoxy) is 1. The molecule has 3 nitrogen and oxygen atoms in total. The van der Waals surface area contributed by atoms with E-state index in [4.69, 9.17) is 27.9 Å². The quantitative estimate of drug-likeness (QED) is 0.691. The van der Waals surface area contributed by atoms with E-state index in [0.717, 1.165) is 43.8 Å². The Morgan fingerprint density at radius 2 is 2.00 bits per heavy atom. The molecule has 1 atom stereocenters. The smallest absolute Gasteiger partial charge is 0.142 e. The van der Waals surface area contributed by atoms with Crippen LogP contribution >= 0.6 is 23.2 Å². The Balaban J connectivity index is 1.47. The van der Waals surface area contributed by atoms with Crippen LogP contribution in [-0.2, 0) is 6.54 Å². The van der Waals surface area contributed by atoms with Gasteiger partial charge < -0.3 is 15.0 Å². The van der Waals surface area contributed by atoms with Crippen molar-refractivity contribution in [2.24, 2.45) is 0 Å². The molecule has 25 heavy (non-hydrogen) atoms. The van der Waals surface area contributed by atoms with Crippen LogP contribution in [0.2, 0.25) is 10.0 Å². The molecule has 0 fully saturated rings. The number of nitrogens with zero attached hydrogens (tertiary/aromatic N) is 1. The molecular formula is C20H24Cl2N2O. The first kappa shape index (κ1) is 18.5. The predicted octanol–water partition coefficient (Wildman–Crippen LogP) is 4.93. The molecule has 0 aromatic heterocycles. The third-order valence-corrected chi connectivity index (χ3v) is 4.97. The first-order valence-corrected chi connectivity index (χ1v) is 9.46. The van der Waals surface area contributed by atoms with Crippen molar-refractivity contribution in [3.8, 4) is 5.75 Å². The molecule has 0 radical (unpaired) electrons. The maximum Gasteiger partial charge on any atom is 0.142 e. The molecule has 1 aliphatic heterocycles. The van der Waals surface area contributed by atoms with Gasteiger partial charge in [-0.05, 0) is 44.3 Å². The third-order valence-electron chi connectivity index (χ3n) is 4.47. The minimum atomic E-state index is 0.249. The lowest BCUT2D eigenvalue weighted by Gasteiger charge is -2.28. The Morgan fingerprint density at radius 3 is 2.80 bits per heavy atom. The topological polar surface area (TPSA) is 24.5 Å². The lowest BCUT2D eigenvalue weighted by molar-refractivity contribution is 0.249. The van der Waals surface area contributed by atoms with Crippen molar-refractivity contribution in [2.45, 2.75) is 25.4 Å². The molecule has 1 N–H and O–H groups in total. The monoisotopic (exact) mass is 378 g/mol. The van der Waals surface area contributed by atoms with Crippen molar-refractivity contribution < 1.29 is 4.74 Å². The number of nitrogens with one attached hydrogen (secondary N) is 1. The summed E-state index contributed by atoms with van der Waals surface area (Å²) in [6.07, 6.45) is 2.02. The zero-order valence-electron chi connectivity index (χ0n) is 14.5. The summed E-state index contributed by atoms with van der Waals surface area (Å²) in [6, 6.07) is 14.5. The number of rotatable bonds is 7. The van der Waals surface area contributed by atoms with Crippen molar-refractivity contribution in [2.75, 3.05) is 26.7 Å². The van der Waals surface area contributed by atoms with Crippen molar-refractivity contribution in [1.82, 2.24) is 10.2 Å². The van der Waals surface area contributed by atoms with Crippen LogP contribution in [0.3, 0.4) is 0 Å². The molecule has 0 saturated heterocycles. The van der Waals surface area contributed by atoms with Gasteiger partial charge in [0.2, 0.25) is 0 Å². The zero-order valence-corrected chi connectivity index (χ0v) is 16.0. The third kappa shape index (κ3) is 5.11. The second-order valence-electron chi connectivity index (χ2n) is 6.53. The number of fused-ring (bicyclic) bond motifs is 1. The summed E-state index contributed by atoms with van der Waals surface area (Å²) in [5, 5.41) is 4.88. The first-order chi connectivity index (χ1) is 12.1. The highest BCUT2D eigenvalue weighted by Crippen LogP contribution is 2.39. The van der Waals surface area contributed by atoms with Gasteiger partial charge in [0, 0.05) is 29.6 Å². The summed E-state index contributed by atoms with van der Waals surface area (Å²) in [5.41, 5.74) is 2.42. The summed E-state index contributed by atoms with van der Waals surface area (Å²) in [5.74, 6) is 0.774. The molecular weight excluding hydrogens is 355 g/mol. The molecule has 134 valence electrons. The Morgan fingerprint density at radius 1 is 1.20 bits per heavy atom. The van der Waals surface area contributed by atoms with Gasteiger partial charge in [-0.3, -0.25) is 0 Å². The summed E-state index contributed by atoms with van der Waals surface area (Å²) >= 11 is 12.4. The fraction of sp³-hybridized carbons (Fsp3) is 0.400. The molecule has 0 aliphatic carbocycles. The molecule has 0 amide bonds. The van der Waals surface area contributed by atoms with Crippen molar-refractivity contribution in [3.05, 3.63) is 63.6 Å². The molecule has 0 bridgehead atoms. The lowest BCUT2D eigenvalue weighted by Crippen LogP contribution is -2.30. The van der Waals surface area contributed by atoms with E-state index in [1.807, 2.05) is 6.07 Å². The van der Waals surface area contributed by atoms with Crippen LogP contribution in [0, 0.1) is 0 Å². The van der Waals surface area contributed by atoms with E-state index >= 15 is 0 Å². The van der Waals surface area contributed by atoms with Gasteiger partial charge in [-0.15, -0.1) is 0 Å². The molecule has 2 aromatic rings. The second kappa shape index (κ2) is 8.91. The Labute approximate surface area is 159 Å². The SMILES string of the molecule is CN(CCCNC1CCOc2c(Cl)cc(Cl)cc21)Cc1ccccc1. The van der Waals surface area contributed by atoms with Gasteiger partial charge in [-0.2, -0.15) is 0 Å². The van der Waals surface area contributed by atoms with Gasteiger partial charge in [-0.1, -0.05) is 53.5 Å². The Kier molecular flexibility index (Phi) is 6.60. The van der Waals surface area contributed by atoms with Crippen LogP contribution in [0.15, 0.2) is 42.5 Å². The summed E-state index contributed by atoms with van der Waals surface area (Å²) < 4.78 is 5.71. The van der Waals surface area contributed by atoms with E-state index < -0.39 is 0 Å². The highest BCUT2D eigenvalue weighted by Gasteiger charge is 2.23. The number of benzene rings is 2. The van der Waals surface area contributed by atoms with E-state index in [9.17, 15) is 0 Å². The predicted molar refractivity (Wildman–Crippen MR) is 105 cm³/mol. The second-order valence-corrected chi connectivity index (χ2v) is 7.37. The van der Waals surface area contributed by atoms with Gasteiger partial charge in [0.15, 0.2) is 0 Å². The van der Waals surface area contributed by atoms with Crippen molar-refractivity contribution in [1.29, 1.82) is 0 Å². The van der Waals surface area contributed by atoms with Crippen LogP contribution in [-0.4, -0.2) is 31.6 Å². The van der Waals surface area contributed by atoms with Crippen LogP contribution in [0.1, 0.15) is 30.0 Å². The molecule has 1 unspecified atom stereocenters. The highest BCUT2D eigenvalue weighted by molar-refractivity contribution is 6.35. The average Bonchev–Trinajstić information content (AvgIpc) is 2.60. The largest absolute Gasteiger partial charge is 0.492 e. The van der Waals surface area contributed by atoms with Gasteiger partial charge in [-0.25, -0.2) is 0 Å². The van der Waals surface area contributed by atoms with Gasteiger partial charge >= 0.3 is 0 Å². The van der Waals surface area contributed by atoms with E-state index in [1.165, 1.54) is 5.56 Å². The van der Waals surface area contributed by atoms with E-state index in [-0.39, 0.29) is 6.04 Å². The van der Waals surface area contributed by atoms with Crippen LogP contribution in [0.4, 0.5) is 0 Å². The normalized spacial score (nSPS) is 16.6. The minimum absolute atomic E-state index is 0.249. The van der Waals surface area contributed by atoms with Crippen LogP contribution in [0.25, 0.3) is 0 Å². The number of hydrogen-bond donors (Lipinski definition) is 1. The summed E-state index contributed by atoms with van der Waals surface area (Å²) in [4.78, 5) is 2.35. The molecule has 0 saturated carbocycles. The minimum Gasteiger partial charge on any atom is -0.492 e. The van der Waals surface area contributed by atoms with Gasteiger partial charge in [0.25, 0.3) is 0 Å². The van der Waals surface area contributed by atoms with Gasteiger partial charge in [0.1, 0.15) is 5.75 Å². The fourth-order valence-electron chi connectivity index (χ4n) is 3.24. The Bertz CT molecular complexity index is 694. The van der Waals surface area contributed by atoms with Crippen molar-refractivity contribution in [3.63, 3.8) is 0 Å². The lowest BCUT2D eigenvalue weighted by atomic mass is 10.0. The molecule has 0 spiro atoms. The average molecular weight is 379 g/mol. The summed E-state index contributed by atoms with van der Waals surface area (Å²) in [6.45, 7) is 3.66.